The van der Waals surface area contributed by atoms with E-state index < -0.39 is 10.0 Å². The second-order valence-electron chi connectivity index (χ2n) is 5.32. The van der Waals surface area contributed by atoms with Crippen molar-refractivity contribution in [2.75, 3.05) is 12.4 Å². The Morgan fingerprint density at radius 3 is 2.47 bits per heavy atom. The fourth-order valence-corrected chi connectivity index (χ4v) is 4.51. The highest BCUT2D eigenvalue weighted by Gasteiger charge is 2.35. The molecule has 0 bridgehead atoms. The molecule has 2 rings (SSSR count). The van der Waals surface area contributed by atoms with Crippen molar-refractivity contribution in [2.24, 2.45) is 5.41 Å². The van der Waals surface area contributed by atoms with Gasteiger partial charge in [-0.25, -0.2) is 13.1 Å². The Bertz CT molecular complexity index is 528. The van der Waals surface area contributed by atoms with Gasteiger partial charge < -0.3 is 4.52 Å². The zero-order valence-corrected chi connectivity index (χ0v) is 12.8. The molecule has 0 unspecified atom stereocenters. The molecular formula is C12H19ClN2O3S. The quantitative estimate of drug-likeness (QED) is 0.848. The normalized spacial score (nSPS) is 18.9. The van der Waals surface area contributed by atoms with Gasteiger partial charge in [-0.2, -0.15) is 0 Å². The van der Waals surface area contributed by atoms with Crippen molar-refractivity contribution in [3.8, 4) is 0 Å². The van der Waals surface area contributed by atoms with Gasteiger partial charge in [0.2, 0.25) is 10.0 Å². The summed E-state index contributed by atoms with van der Waals surface area (Å²) in [5, 5.41) is 3.68. The molecule has 1 aromatic heterocycles. The molecule has 1 N–H and O–H groups in total. The Balaban J connectivity index is 2.14. The monoisotopic (exact) mass is 306 g/mol. The van der Waals surface area contributed by atoms with Crippen LogP contribution < -0.4 is 4.72 Å². The Kier molecular flexibility index (Phi) is 4.23. The maximum Gasteiger partial charge on any atom is 0.245 e. The summed E-state index contributed by atoms with van der Waals surface area (Å²) in [6, 6.07) is 0. The van der Waals surface area contributed by atoms with E-state index >= 15 is 0 Å². The average molecular weight is 307 g/mol. The summed E-state index contributed by atoms with van der Waals surface area (Å²) in [4.78, 5) is 0.148. The average Bonchev–Trinajstić information content (AvgIpc) is 2.95. The van der Waals surface area contributed by atoms with Crippen molar-refractivity contribution in [2.45, 2.75) is 44.4 Å². The third kappa shape index (κ3) is 2.95. The van der Waals surface area contributed by atoms with Gasteiger partial charge in [-0.05, 0) is 32.1 Å². The minimum absolute atomic E-state index is 0.104. The summed E-state index contributed by atoms with van der Waals surface area (Å²) in [5.74, 6) is 0.799. The smallest absolute Gasteiger partial charge is 0.245 e. The molecule has 1 saturated carbocycles. The summed E-state index contributed by atoms with van der Waals surface area (Å²) in [7, 11) is -3.58. The van der Waals surface area contributed by atoms with Crippen LogP contribution in [0.1, 0.15) is 37.1 Å². The van der Waals surface area contributed by atoms with Crippen LogP contribution in [-0.4, -0.2) is 26.0 Å². The fraction of sp³-hybridized carbons (Fsp3) is 0.750. The number of hydrogen-bond acceptors (Lipinski definition) is 4. The number of sulfonamides is 1. The zero-order valence-electron chi connectivity index (χ0n) is 11.2. The lowest BCUT2D eigenvalue weighted by molar-refractivity contribution is 0.342. The first-order chi connectivity index (χ1) is 8.90. The van der Waals surface area contributed by atoms with Crippen molar-refractivity contribution < 1.29 is 12.9 Å². The number of halogens is 1. The first-order valence-electron chi connectivity index (χ1n) is 6.39. The van der Waals surface area contributed by atoms with Gasteiger partial charge in [-0.3, -0.25) is 0 Å². The van der Waals surface area contributed by atoms with Gasteiger partial charge in [0.05, 0.1) is 0 Å². The topological polar surface area (TPSA) is 72.2 Å². The van der Waals surface area contributed by atoms with E-state index in [-0.39, 0.29) is 10.3 Å². The fourth-order valence-electron chi connectivity index (χ4n) is 2.66. The van der Waals surface area contributed by atoms with Crippen LogP contribution in [0.2, 0.25) is 0 Å². The van der Waals surface area contributed by atoms with E-state index in [1.807, 2.05) is 0 Å². The van der Waals surface area contributed by atoms with Gasteiger partial charge in [-0.15, -0.1) is 11.6 Å². The molecule has 5 nitrogen and oxygen atoms in total. The minimum atomic E-state index is -3.58. The number of aryl methyl sites for hydroxylation is 2. The molecule has 19 heavy (non-hydrogen) atoms. The van der Waals surface area contributed by atoms with Crippen LogP contribution in [0.25, 0.3) is 0 Å². The summed E-state index contributed by atoms with van der Waals surface area (Å²) in [6.45, 7) is 3.60. The predicted molar refractivity (Wildman–Crippen MR) is 72.8 cm³/mol. The number of aromatic nitrogens is 1. The van der Waals surface area contributed by atoms with Crippen LogP contribution in [0, 0.1) is 19.3 Å². The lowest BCUT2D eigenvalue weighted by Crippen LogP contribution is -2.37. The molecular weight excluding hydrogens is 288 g/mol. The van der Waals surface area contributed by atoms with Crippen molar-refractivity contribution >= 4 is 21.6 Å². The number of rotatable bonds is 5. The van der Waals surface area contributed by atoms with Crippen molar-refractivity contribution in [3.05, 3.63) is 11.5 Å². The second-order valence-corrected chi connectivity index (χ2v) is 7.29. The van der Waals surface area contributed by atoms with E-state index in [2.05, 4.69) is 9.88 Å². The molecule has 0 spiro atoms. The SMILES string of the molecule is Cc1noc(C)c1S(=O)(=O)NCC1(CCl)CCCC1. The molecule has 0 radical (unpaired) electrons. The van der Waals surface area contributed by atoms with Gasteiger partial charge in [-0.1, -0.05) is 18.0 Å². The number of nitrogens with one attached hydrogen (secondary N) is 1. The van der Waals surface area contributed by atoms with E-state index in [0.29, 0.717) is 23.9 Å². The van der Waals surface area contributed by atoms with Crippen LogP contribution in [0.15, 0.2) is 9.42 Å². The zero-order chi connectivity index (χ0) is 14.1. The molecule has 0 saturated heterocycles. The summed E-state index contributed by atoms with van der Waals surface area (Å²) >= 11 is 6.02. The van der Waals surface area contributed by atoms with Crippen LogP contribution >= 0.6 is 11.6 Å². The summed E-state index contributed by atoms with van der Waals surface area (Å²) < 4.78 is 32.2. The lowest BCUT2D eigenvalue weighted by atomic mass is 9.89. The maximum absolute atomic E-state index is 12.3. The van der Waals surface area contributed by atoms with Crippen LogP contribution in [0.3, 0.4) is 0 Å². The summed E-state index contributed by atoms with van der Waals surface area (Å²) in [5.41, 5.74) is 0.282. The molecule has 1 heterocycles. The first-order valence-corrected chi connectivity index (χ1v) is 8.40. The van der Waals surface area contributed by atoms with Gasteiger partial charge in [0.15, 0.2) is 5.76 Å². The van der Waals surface area contributed by atoms with Gasteiger partial charge >= 0.3 is 0 Å². The Hall–Kier alpha value is -0.590. The van der Waals surface area contributed by atoms with Gasteiger partial charge in [0, 0.05) is 12.4 Å². The van der Waals surface area contributed by atoms with E-state index in [4.69, 9.17) is 16.1 Å². The number of alkyl halides is 1. The van der Waals surface area contributed by atoms with Gasteiger partial charge in [0.1, 0.15) is 10.6 Å². The summed E-state index contributed by atoms with van der Waals surface area (Å²) in [6.07, 6.45) is 4.17. The number of nitrogens with zero attached hydrogens (tertiary/aromatic N) is 1. The van der Waals surface area contributed by atoms with E-state index in [0.717, 1.165) is 25.7 Å². The molecule has 0 aliphatic heterocycles. The maximum atomic E-state index is 12.3. The van der Waals surface area contributed by atoms with Crippen LogP contribution in [0.5, 0.6) is 0 Å². The second kappa shape index (κ2) is 5.42. The van der Waals surface area contributed by atoms with Crippen molar-refractivity contribution in [3.63, 3.8) is 0 Å². The molecule has 0 atom stereocenters. The van der Waals surface area contributed by atoms with Crippen LogP contribution in [-0.2, 0) is 10.0 Å². The van der Waals surface area contributed by atoms with Gasteiger partial charge in [0.25, 0.3) is 0 Å². The van der Waals surface area contributed by atoms with E-state index in [1.54, 1.807) is 13.8 Å². The largest absolute Gasteiger partial charge is 0.360 e. The third-order valence-corrected chi connectivity index (χ3v) is 6.03. The molecule has 1 aliphatic carbocycles. The molecule has 0 amide bonds. The molecule has 108 valence electrons. The standard InChI is InChI=1S/C12H19ClN2O3S/c1-9-11(10(2)18-15-9)19(16,17)14-8-12(7-13)5-3-4-6-12/h14H,3-8H2,1-2H3. The molecule has 1 aliphatic rings. The van der Waals surface area contributed by atoms with Crippen LogP contribution in [0.4, 0.5) is 0 Å². The molecule has 0 aromatic carbocycles. The van der Waals surface area contributed by atoms with E-state index in [9.17, 15) is 8.42 Å². The highest BCUT2D eigenvalue weighted by atomic mass is 35.5. The predicted octanol–water partition coefficient (Wildman–Crippen LogP) is 2.37. The Morgan fingerprint density at radius 2 is 2.00 bits per heavy atom. The first kappa shape index (κ1) is 14.8. The third-order valence-electron chi connectivity index (χ3n) is 3.82. The Morgan fingerprint density at radius 1 is 1.37 bits per heavy atom. The number of hydrogen-bond donors (Lipinski definition) is 1. The molecule has 1 aromatic rings. The molecule has 1 fully saturated rings. The highest BCUT2D eigenvalue weighted by Crippen LogP contribution is 2.38. The lowest BCUT2D eigenvalue weighted by Gasteiger charge is -2.26. The van der Waals surface area contributed by atoms with E-state index in [1.165, 1.54) is 0 Å². The van der Waals surface area contributed by atoms with Crippen molar-refractivity contribution in [1.82, 2.24) is 9.88 Å². The molecule has 7 heteroatoms. The minimum Gasteiger partial charge on any atom is -0.360 e. The Labute approximate surface area is 118 Å². The van der Waals surface area contributed by atoms with Crippen molar-refractivity contribution in [1.29, 1.82) is 0 Å². The highest BCUT2D eigenvalue weighted by molar-refractivity contribution is 7.89.